The van der Waals surface area contributed by atoms with Crippen LogP contribution in [0.3, 0.4) is 0 Å². The van der Waals surface area contributed by atoms with E-state index in [-0.39, 0.29) is 5.91 Å². The number of hydrogen-bond acceptors (Lipinski definition) is 5. The lowest BCUT2D eigenvalue weighted by Gasteiger charge is -2.08. The van der Waals surface area contributed by atoms with Crippen molar-refractivity contribution < 1.29 is 9.53 Å². The minimum atomic E-state index is -0.211. The number of hydrogen-bond donors (Lipinski definition) is 1. The third kappa shape index (κ3) is 3.65. The van der Waals surface area contributed by atoms with Gasteiger partial charge in [-0.25, -0.2) is 9.97 Å². The number of anilines is 1. The molecule has 0 bridgehead atoms. The molecule has 2 heterocycles. The van der Waals surface area contributed by atoms with Crippen molar-refractivity contribution in [1.82, 2.24) is 9.97 Å². The molecule has 0 fully saturated rings. The van der Waals surface area contributed by atoms with E-state index in [0.29, 0.717) is 23.7 Å². The second-order valence-electron chi connectivity index (χ2n) is 5.05. The lowest BCUT2D eigenvalue weighted by molar-refractivity contribution is 0.102. The lowest BCUT2D eigenvalue weighted by Crippen LogP contribution is -2.13. The maximum absolute atomic E-state index is 12.4. The number of aromatic nitrogens is 2. The highest BCUT2D eigenvalue weighted by molar-refractivity contribution is 7.16. The molecule has 3 aromatic rings. The van der Waals surface area contributed by atoms with E-state index in [0.717, 1.165) is 23.1 Å². The first kappa shape index (κ1) is 15.4. The molecule has 0 atom stereocenters. The van der Waals surface area contributed by atoms with Gasteiger partial charge in [-0.15, -0.1) is 11.3 Å². The molecular weight excluding hydrogens is 310 g/mol. The van der Waals surface area contributed by atoms with Gasteiger partial charge in [-0.05, 0) is 36.1 Å². The third-order valence-corrected chi connectivity index (χ3v) is 4.18. The van der Waals surface area contributed by atoms with Gasteiger partial charge < -0.3 is 10.1 Å². The Labute approximate surface area is 138 Å². The van der Waals surface area contributed by atoms with Crippen molar-refractivity contribution in [3.63, 3.8) is 0 Å². The van der Waals surface area contributed by atoms with Gasteiger partial charge in [0.05, 0.1) is 12.0 Å². The summed E-state index contributed by atoms with van der Waals surface area (Å²) in [5.41, 5.74) is 0.543. The van der Waals surface area contributed by atoms with E-state index >= 15 is 0 Å². The molecule has 6 heteroatoms. The molecule has 0 saturated heterocycles. The predicted octanol–water partition coefficient (Wildman–Crippen LogP) is 4.12. The third-order valence-electron chi connectivity index (χ3n) is 3.36. The first-order valence-electron chi connectivity index (χ1n) is 7.50. The maximum atomic E-state index is 12.4. The lowest BCUT2D eigenvalue weighted by atomic mass is 10.2. The Morgan fingerprint density at radius 2 is 2.22 bits per heavy atom. The van der Waals surface area contributed by atoms with Crippen LogP contribution in [0.5, 0.6) is 5.75 Å². The number of fused-ring (bicyclic) bond motifs is 1. The molecule has 0 aliphatic heterocycles. The van der Waals surface area contributed by atoms with E-state index < -0.39 is 0 Å². The van der Waals surface area contributed by atoms with Gasteiger partial charge in [0.25, 0.3) is 5.91 Å². The zero-order valence-corrected chi connectivity index (χ0v) is 13.6. The van der Waals surface area contributed by atoms with Crippen molar-refractivity contribution in [3.05, 3.63) is 47.6 Å². The van der Waals surface area contributed by atoms with E-state index in [1.54, 1.807) is 12.1 Å². The molecule has 5 nitrogen and oxygen atoms in total. The van der Waals surface area contributed by atoms with Gasteiger partial charge in [0.15, 0.2) is 0 Å². The van der Waals surface area contributed by atoms with Gasteiger partial charge in [-0.3, -0.25) is 4.79 Å². The van der Waals surface area contributed by atoms with Gasteiger partial charge in [-0.2, -0.15) is 0 Å². The minimum absolute atomic E-state index is 0.211. The van der Waals surface area contributed by atoms with Crippen LogP contribution < -0.4 is 10.1 Å². The number of thiophene rings is 1. The van der Waals surface area contributed by atoms with Gasteiger partial charge in [0.1, 0.15) is 22.7 Å². The van der Waals surface area contributed by atoms with Crippen molar-refractivity contribution in [2.24, 2.45) is 0 Å². The number of nitrogens with zero attached hydrogens (tertiary/aromatic N) is 2. The summed E-state index contributed by atoms with van der Waals surface area (Å²) in [5.74, 6) is 1.02. The highest BCUT2D eigenvalue weighted by Gasteiger charge is 2.11. The quantitative estimate of drug-likeness (QED) is 0.692. The van der Waals surface area contributed by atoms with Crippen LogP contribution in [0.1, 0.15) is 30.1 Å². The Bertz CT molecular complexity index is 816. The smallest absolute Gasteiger partial charge is 0.256 e. The van der Waals surface area contributed by atoms with Crippen molar-refractivity contribution in [1.29, 1.82) is 0 Å². The van der Waals surface area contributed by atoms with Crippen LogP contribution in [0.4, 0.5) is 5.82 Å². The van der Waals surface area contributed by atoms with E-state index in [1.165, 1.54) is 17.7 Å². The average molecular weight is 327 g/mol. The first-order chi connectivity index (χ1) is 11.3. The molecule has 0 radical (unpaired) electrons. The number of nitrogens with one attached hydrogen (secondary N) is 1. The minimum Gasteiger partial charge on any atom is -0.494 e. The summed E-state index contributed by atoms with van der Waals surface area (Å²) >= 11 is 1.52. The Hall–Kier alpha value is -2.47. The average Bonchev–Trinajstić information content (AvgIpc) is 3.05. The van der Waals surface area contributed by atoms with Crippen LogP contribution >= 0.6 is 11.3 Å². The molecule has 118 valence electrons. The van der Waals surface area contributed by atoms with Crippen LogP contribution in [0.15, 0.2) is 42.0 Å². The SMILES string of the molecule is CCCCOc1cccc(C(=O)Nc2ncnc3sccc23)c1. The fourth-order valence-electron chi connectivity index (χ4n) is 2.13. The highest BCUT2D eigenvalue weighted by atomic mass is 32.1. The van der Waals surface area contributed by atoms with E-state index in [1.807, 2.05) is 23.6 Å². The van der Waals surface area contributed by atoms with Crippen LogP contribution in [0, 0.1) is 0 Å². The van der Waals surface area contributed by atoms with Crippen LogP contribution in [0.2, 0.25) is 0 Å². The number of amides is 1. The Morgan fingerprint density at radius 1 is 1.30 bits per heavy atom. The molecule has 1 amide bonds. The van der Waals surface area contributed by atoms with Crippen LogP contribution in [-0.2, 0) is 0 Å². The van der Waals surface area contributed by atoms with Crippen molar-refractivity contribution in [2.45, 2.75) is 19.8 Å². The van der Waals surface area contributed by atoms with Crippen LogP contribution in [-0.4, -0.2) is 22.5 Å². The van der Waals surface area contributed by atoms with Gasteiger partial charge >= 0.3 is 0 Å². The zero-order valence-electron chi connectivity index (χ0n) is 12.8. The number of unbranched alkanes of at least 4 members (excludes halogenated alkanes) is 1. The molecule has 23 heavy (non-hydrogen) atoms. The fraction of sp³-hybridized carbons (Fsp3) is 0.235. The van der Waals surface area contributed by atoms with Crippen molar-refractivity contribution >= 4 is 33.3 Å². The normalized spacial score (nSPS) is 10.7. The summed E-state index contributed by atoms with van der Waals surface area (Å²) in [6, 6.07) is 9.08. The van der Waals surface area contributed by atoms with E-state index in [2.05, 4.69) is 22.2 Å². The van der Waals surface area contributed by atoms with E-state index in [4.69, 9.17) is 4.74 Å². The molecule has 1 aromatic carbocycles. The summed E-state index contributed by atoms with van der Waals surface area (Å²) < 4.78 is 5.64. The summed E-state index contributed by atoms with van der Waals surface area (Å²) in [4.78, 5) is 21.6. The summed E-state index contributed by atoms with van der Waals surface area (Å²) in [6.07, 6.45) is 3.52. The molecule has 0 unspecified atom stereocenters. The number of carbonyl (C=O) groups excluding carboxylic acids is 1. The number of rotatable bonds is 6. The van der Waals surface area contributed by atoms with Gasteiger partial charge in [0, 0.05) is 5.56 Å². The molecule has 3 rings (SSSR count). The summed E-state index contributed by atoms with van der Waals surface area (Å²) in [7, 11) is 0. The first-order valence-corrected chi connectivity index (χ1v) is 8.38. The Morgan fingerprint density at radius 3 is 3.09 bits per heavy atom. The largest absolute Gasteiger partial charge is 0.494 e. The Balaban J connectivity index is 1.75. The second-order valence-corrected chi connectivity index (χ2v) is 5.94. The van der Waals surface area contributed by atoms with Crippen molar-refractivity contribution in [3.8, 4) is 5.75 Å². The van der Waals surface area contributed by atoms with Crippen molar-refractivity contribution in [2.75, 3.05) is 11.9 Å². The molecule has 1 N–H and O–H groups in total. The molecular formula is C17H17N3O2S. The van der Waals surface area contributed by atoms with Gasteiger partial charge in [0.2, 0.25) is 0 Å². The van der Waals surface area contributed by atoms with Crippen LogP contribution in [0.25, 0.3) is 10.2 Å². The molecule has 0 saturated carbocycles. The highest BCUT2D eigenvalue weighted by Crippen LogP contribution is 2.24. The fourth-order valence-corrected chi connectivity index (χ4v) is 2.86. The van der Waals surface area contributed by atoms with Gasteiger partial charge in [-0.1, -0.05) is 19.4 Å². The second kappa shape index (κ2) is 7.19. The number of ether oxygens (including phenoxy) is 1. The zero-order chi connectivity index (χ0) is 16.1. The van der Waals surface area contributed by atoms with E-state index in [9.17, 15) is 4.79 Å². The Kier molecular flexibility index (Phi) is 4.83. The number of carbonyl (C=O) groups is 1. The standard InChI is InChI=1S/C17H17N3O2S/c1-2-3-8-22-13-6-4-5-12(10-13)16(21)20-15-14-7-9-23-17(14)19-11-18-15/h4-7,9-11H,2-3,8H2,1H3,(H,18,19,20,21). The molecule has 0 spiro atoms. The molecule has 0 aliphatic carbocycles. The number of benzene rings is 1. The summed E-state index contributed by atoms with van der Waals surface area (Å²) in [6.45, 7) is 2.77. The predicted molar refractivity (Wildman–Crippen MR) is 92.2 cm³/mol. The molecule has 0 aliphatic rings. The monoisotopic (exact) mass is 327 g/mol. The summed E-state index contributed by atoms with van der Waals surface area (Å²) in [5, 5.41) is 5.62. The topological polar surface area (TPSA) is 64.1 Å². The maximum Gasteiger partial charge on any atom is 0.256 e. The molecule has 2 aromatic heterocycles.